The number of hydrogen-bond donors (Lipinski definition) is 3. The van der Waals surface area contributed by atoms with Gasteiger partial charge < -0.3 is 16.0 Å². The summed E-state index contributed by atoms with van der Waals surface area (Å²) >= 11 is 0. The third-order valence-electron chi connectivity index (χ3n) is 2.10. The van der Waals surface area contributed by atoms with Gasteiger partial charge in [-0.2, -0.15) is 0 Å². The Balaban J connectivity index is 1.71. The summed E-state index contributed by atoms with van der Waals surface area (Å²) < 4.78 is 1.39. The molecule has 0 aliphatic carbocycles. The monoisotopic (exact) mass is 235 g/mol. The average molecular weight is 235 g/mol. The highest BCUT2D eigenvalue weighted by molar-refractivity contribution is 5.75. The molecule has 8 nitrogen and oxygen atoms in total. The molecule has 2 aromatic rings. The van der Waals surface area contributed by atoms with Crippen molar-refractivity contribution >= 4 is 11.9 Å². The summed E-state index contributed by atoms with van der Waals surface area (Å²) in [5.74, 6) is 0.866. The minimum atomic E-state index is -0.138. The first-order valence-electron chi connectivity index (χ1n) is 5.14. The van der Waals surface area contributed by atoms with Gasteiger partial charge in [0.15, 0.2) is 0 Å². The van der Waals surface area contributed by atoms with Gasteiger partial charge in [-0.25, -0.2) is 14.6 Å². The fourth-order valence-electron chi connectivity index (χ4n) is 1.34. The normalized spacial score (nSPS) is 10.4. The van der Waals surface area contributed by atoms with Crippen LogP contribution < -0.4 is 11.1 Å². The van der Waals surface area contributed by atoms with Crippen LogP contribution in [-0.4, -0.2) is 37.2 Å². The van der Waals surface area contributed by atoms with Crippen molar-refractivity contribution in [3.63, 3.8) is 0 Å². The van der Waals surface area contributed by atoms with Gasteiger partial charge in [-0.1, -0.05) is 0 Å². The summed E-state index contributed by atoms with van der Waals surface area (Å²) in [6.45, 7) is 0.638. The number of nitrogens with zero attached hydrogens (tertiary/aromatic N) is 4. The van der Waals surface area contributed by atoms with E-state index in [4.69, 9.17) is 5.73 Å². The Labute approximate surface area is 97.3 Å². The van der Waals surface area contributed by atoms with E-state index in [9.17, 15) is 4.79 Å². The lowest BCUT2D eigenvalue weighted by atomic mass is 10.4. The Bertz CT molecular complexity index is 475. The molecule has 0 spiro atoms. The highest BCUT2D eigenvalue weighted by Gasteiger charge is 2.04. The molecule has 2 aromatic heterocycles. The SMILES string of the molecule is Nc1ncn(CC(=O)NCCc2ncc[nH]2)n1. The first-order chi connectivity index (χ1) is 8.24. The van der Waals surface area contributed by atoms with Crippen molar-refractivity contribution in [1.29, 1.82) is 0 Å². The van der Waals surface area contributed by atoms with Gasteiger partial charge in [0.2, 0.25) is 11.9 Å². The molecule has 17 heavy (non-hydrogen) atoms. The van der Waals surface area contributed by atoms with Crippen LogP contribution in [0.5, 0.6) is 0 Å². The van der Waals surface area contributed by atoms with E-state index < -0.39 is 0 Å². The van der Waals surface area contributed by atoms with Crippen LogP contribution in [-0.2, 0) is 17.8 Å². The molecule has 4 N–H and O–H groups in total. The smallest absolute Gasteiger partial charge is 0.241 e. The molecule has 0 saturated carbocycles. The summed E-state index contributed by atoms with van der Waals surface area (Å²) in [6.07, 6.45) is 5.50. The number of rotatable bonds is 5. The predicted molar refractivity (Wildman–Crippen MR) is 59.7 cm³/mol. The van der Waals surface area contributed by atoms with Crippen LogP contribution in [0.15, 0.2) is 18.7 Å². The van der Waals surface area contributed by atoms with Gasteiger partial charge in [0.05, 0.1) is 0 Å². The molecule has 0 radical (unpaired) electrons. The van der Waals surface area contributed by atoms with E-state index in [1.54, 1.807) is 12.4 Å². The van der Waals surface area contributed by atoms with Crippen LogP contribution >= 0.6 is 0 Å². The Morgan fingerprint density at radius 1 is 1.53 bits per heavy atom. The van der Waals surface area contributed by atoms with Gasteiger partial charge in [0.1, 0.15) is 18.7 Å². The second-order valence-electron chi connectivity index (χ2n) is 3.44. The quantitative estimate of drug-likeness (QED) is 0.611. The number of H-pyrrole nitrogens is 1. The minimum absolute atomic E-state index is 0.113. The van der Waals surface area contributed by atoms with Gasteiger partial charge in [-0.05, 0) is 0 Å². The largest absolute Gasteiger partial charge is 0.367 e. The van der Waals surface area contributed by atoms with Crippen LogP contribution in [0.2, 0.25) is 0 Å². The summed E-state index contributed by atoms with van der Waals surface area (Å²) in [7, 11) is 0. The van der Waals surface area contributed by atoms with Crippen LogP contribution in [0.4, 0.5) is 5.95 Å². The fourth-order valence-corrected chi connectivity index (χ4v) is 1.34. The third-order valence-corrected chi connectivity index (χ3v) is 2.10. The number of anilines is 1. The number of nitrogen functional groups attached to an aromatic ring is 1. The topological polar surface area (TPSA) is 115 Å². The number of aromatic amines is 1. The number of nitrogens with two attached hydrogens (primary N) is 1. The molecule has 8 heteroatoms. The number of nitrogens with one attached hydrogen (secondary N) is 2. The van der Waals surface area contributed by atoms with Crippen molar-refractivity contribution in [2.45, 2.75) is 13.0 Å². The van der Waals surface area contributed by atoms with Crippen molar-refractivity contribution in [1.82, 2.24) is 30.0 Å². The molecule has 2 rings (SSSR count). The highest BCUT2D eigenvalue weighted by Crippen LogP contribution is 1.90. The lowest BCUT2D eigenvalue weighted by Gasteiger charge is -2.03. The number of hydrogen-bond acceptors (Lipinski definition) is 5. The maximum Gasteiger partial charge on any atom is 0.241 e. The van der Waals surface area contributed by atoms with E-state index >= 15 is 0 Å². The molecule has 0 aliphatic heterocycles. The second kappa shape index (κ2) is 5.10. The number of carbonyl (C=O) groups excluding carboxylic acids is 1. The first-order valence-corrected chi connectivity index (χ1v) is 5.14. The number of aromatic nitrogens is 5. The van der Waals surface area contributed by atoms with Gasteiger partial charge in [0, 0.05) is 25.4 Å². The molecule has 1 amide bonds. The Kier molecular flexibility index (Phi) is 3.34. The zero-order valence-electron chi connectivity index (χ0n) is 9.13. The molecular weight excluding hydrogens is 222 g/mol. The molecule has 0 aromatic carbocycles. The standard InChI is InChI=1S/C9H13N7O/c10-9-14-6-16(15-9)5-8(17)13-2-1-7-11-3-4-12-7/h3-4,6H,1-2,5H2,(H2,10,15)(H,11,12)(H,13,17). The first kappa shape index (κ1) is 11.1. The summed E-state index contributed by atoms with van der Waals surface area (Å²) in [6, 6.07) is 0. The highest BCUT2D eigenvalue weighted by atomic mass is 16.2. The van der Waals surface area contributed by atoms with E-state index in [2.05, 4.69) is 25.4 Å². The minimum Gasteiger partial charge on any atom is -0.367 e. The molecule has 0 atom stereocenters. The third kappa shape index (κ3) is 3.30. The van der Waals surface area contributed by atoms with Crippen molar-refractivity contribution in [2.24, 2.45) is 0 Å². The lowest BCUT2D eigenvalue weighted by Crippen LogP contribution is -2.29. The summed E-state index contributed by atoms with van der Waals surface area (Å²) in [4.78, 5) is 22.2. The maximum absolute atomic E-state index is 11.5. The number of carbonyl (C=O) groups is 1. The molecule has 90 valence electrons. The van der Waals surface area contributed by atoms with Crippen LogP contribution in [0.1, 0.15) is 5.82 Å². The molecule has 0 saturated heterocycles. The average Bonchev–Trinajstić information content (AvgIpc) is 2.90. The van der Waals surface area contributed by atoms with Crippen LogP contribution in [0.25, 0.3) is 0 Å². The zero-order chi connectivity index (χ0) is 12.1. The van der Waals surface area contributed by atoms with E-state index in [0.29, 0.717) is 13.0 Å². The second-order valence-corrected chi connectivity index (χ2v) is 3.44. The van der Waals surface area contributed by atoms with Crippen molar-refractivity contribution in [3.8, 4) is 0 Å². The lowest BCUT2D eigenvalue weighted by molar-refractivity contribution is -0.121. The van der Waals surface area contributed by atoms with Gasteiger partial charge in [-0.15, -0.1) is 5.10 Å². The molecule has 0 fully saturated rings. The van der Waals surface area contributed by atoms with Crippen molar-refractivity contribution in [3.05, 3.63) is 24.5 Å². The summed E-state index contributed by atoms with van der Waals surface area (Å²) in [5, 5.41) is 6.56. The molecule has 0 unspecified atom stereocenters. The van der Waals surface area contributed by atoms with Gasteiger partial charge in [0.25, 0.3) is 0 Å². The van der Waals surface area contributed by atoms with E-state index in [1.165, 1.54) is 11.0 Å². The number of amides is 1. The van der Waals surface area contributed by atoms with Gasteiger partial charge in [-0.3, -0.25) is 4.79 Å². The van der Waals surface area contributed by atoms with E-state index in [-0.39, 0.29) is 18.4 Å². The zero-order valence-corrected chi connectivity index (χ0v) is 9.13. The Hall–Kier alpha value is -2.38. The Morgan fingerprint density at radius 2 is 2.41 bits per heavy atom. The molecule has 0 aliphatic rings. The molecule has 0 bridgehead atoms. The van der Waals surface area contributed by atoms with E-state index in [1.807, 2.05) is 0 Å². The number of imidazole rings is 1. The molecule has 2 heterocycles. The summed E-state index contributed by atoms with van der Waals surface area (Å²) in [5.41, 5.74) is 5.33. The van der Waals surface area contributed by atoms with Crippen molar-refractivity contribution < 1.29 is 4.79 Å². The Morgan fingerprint density at radius 3 is 3.06 bits per heavy atom. The van der Waals surface area contributed by atoms with Crippen LogP contribution in [0, 0.1) is 0 Å². The van der Waals surface area contributed by atoms with Crippen LogP contribution in [0.3, 0.4) is 0 Å². The molecular formula is C9H13N7O. The van der Waals surface area contributed by atoms with Crippen molar-refractivity contribution in [2.75, 3.05) is 12.3 Å². The predicted octanol–water partition coefficient (Wildman–Crippen LogP) is -1.06. The fraction of sp³-hybridized carbons (Fsp3) is 0.333. The van der Waals surface area contributed by atoms with E-state index in [0.717, 1.165) is 5.82 Å². The maximum atomic E-state index is 11.5. The van der Waals surface area contributed by atoms with Gasteiger partial charge >= 0.3 is 0 Å².